The summed E-state index contributed by atoms with van der Waals surface area (Å²) >= 11 is 2.27. The van der Waals surface area contributed by atoms with E-state index in [4.69, 9.17) is 5.11 Å². The molecule has 0 radical (unpaired) electrons. The first-order valence-corrected chi connectivity index (χ1v) is 5.03. The molecule has 0 fully saturated rings. The van der Waals surface area contributed by atoms with E-state index in [1.165, 1.54) is 0 Å². The van der Waals surface area contributed by atoms with E-state index in [0.29, 0.717) is 0 Å². The first-order valence-electron chi connectivity index (χ1n) is 3.51. The second-order valence-corrected chi connectivity index (χ2v) is 3.35. The van der Waals surface area contributed by atoms with E-state index in [0.717, 1.165) is 23.7 Å². The monoisotopic (exact) mass is 256 g/mol. The summed E-state index contributed by atoms with van der Waals surface area (Å²) in [6.07, 6.45) is 2.60. The minimum absolute atomic E-state index is 0.116. The number of hydrogen-bond donors (Lipinski definition) is 1. The van der Waals surface area contributed by atoms with Crippen LogP contribution in [0.5, 0.6) is 0 Å². The predicted molar refractivity (Wildman–Crippen MR) is 49.5 cm³/mol. The van der Waals surface area contributed by atoms with Gasteiger partial charge in [-0.1, -0.05) is 29.5 Å². The highest BCUT2D eigenvalue weighted by Gasteiger charge is 2.12. The average molecular weight is 256 g/mol. The van der Waals surface area contributed by atoms with Gasteiger partial charge < -0.3 is 5.11 Å². The van der Waals surface area contributed by atoms with Crippen LogP contribution in [0.1, 0.15) is 26.2 Å². The molecular formula is C7H13IO2. The zero-order valence-corrected chi connectivity index (χ0v) is 8.30. The topological polar surface area (TPSA) is 37.3 Å². The molecule has 0 aromatic heterocycles. The van der Waals surface area contributed by atoms with Crippen LogP contribution in [0.4, 0.5) is 0 Å². The van der Waals surface area contributed by atoms with Gasteiger partial charge in [0.25, 0.3) is 0 Å². The molecule has 1 N–H and O–H groups in total. The number of carboxylic acids is 1. The van der Waals surface area contributed by atoms with Gasteiger partial charge in [0.1, 0.15) is 0 Å². The summed E-state index contributed by atoms with van der Waals surface area (Å²) < 4.78 is 1.06. The zero-order valence-electron chi connectivity index (χ0n) is 6.14. The van der Waals surface area contributed by atoms with Crippen LogP contribution >= 0.6 is 22.6 Å². The van der Waals surface area contributed by atoms with Gasteiger partial charge >= 0.3 is 5.97 Å². The Balaban J connectivity index is 3.50. The zero-order chi connectivity index (χ0) is 7.98. The first-order chi connectivity index (χ1) is 4.72. The summed E-state index contributed by atoms with van der Waals surface area (Å²) in [5.74, 6) is -0.762. The number of rotatable bonds is 5. The summed E-state index contributed by atoms with van der Waals surface area (Å²) in [6.45, 7) is 1.92. The van der Waals surface area contributed by atoms with Crippen LogP contribution < -0.4 is 0 Å². The SMILES string of the molecule is CCC(CCCI)C(=O)O. The van der Waals surface area contributed by atoms with Gasteiger partial charge in [-0.25, -0.2) is 0 Å². The molecule has 0 aliphatic carbocycles. The van der Waals surface area contributed by atoms with Crippen molar-refractivity contribution in [2.75, 3.05) is 4.43 Å². The lowest BCUT2D eigenvalue weighted by Crippen LogP contribution is -2.12. The molecule has 0 aliphatic rings. The van der Waals surface area contributed by atoms with Crippen molar-refractivity contribution in [2.45, 2.75) is 26.2 Å². The molecule has 0 saturated heterocycles. The summed E-state index contributed by atoms with van der Waals surface area (Å²) in [5, 5.41) is 8.60. The van der Waals surface area contributed by atoms with Crippen molar-refractivity contribution < 1.29 is 9.90 Å². The highest BCUT2D eigenvalue weighted by Crippen LogP contribution is 2.11. The Morgan fingerprint density at radius 2 is 2.30 bits per heavy atom. The normalized spacial score (nSPS) is 13.0. The molecule has 3 heteroatoms. The van der Waals surface area contributed by atoms with Gasteiger partial charge in [0, 0.05) is 0 Å². The maximum atomic E-state index is 10.4. The van der Waals surface area contributed by atoms with Crippen molar-refractivity contribution >= 4 is 28.6 Å². The molecule has 1 atom stereocenters. The molecule has 0 saturated carbocycles. The lowest BCUT2D eigenvalue weighted by molar-refractivity contribution is -0.142. The molecule has 60 valence electrons. The lowest BCUT2D eigenvalue weighted by Gasteiger charge is -2.06. The Labute approximate surface area is 75.1 Å². The Morgan fingerprint density at radius 3 is 2.60 bits per heavy atom. The minimum Gasteiger partial charge on any atom is -0.481 e. The van der Waals surface area contributed by atoms with E-state index in [2.05, 4.69) is 22.6 Å². The van der Waals surface area contributed by atoms with Crippen LogP contribution in [0.15, 0.2) is 0 Å². The van der Waals surface area contributed by atoms with Crippen molar-refractivity contribution in [1.82, 2.24) is 0 Å². The van der Waals surface area contributed by atoms with Gasteiger partial charge in [0.15, 0.2) is 0 Å². The van der Waals surface area contributed by atoms with Crippen LogP contribution in [0.3, 0.4) is 0 Å². The Bertz CT molecular complexity index is 104. The van der Waals surface area contributed by atoms with Gasteiger partial charge in [-0.2, -0.15) is 0 Å². The number of carboxylic acid groups (broad SMARTS) is 1. The number of aliphatic carboxylic acids is 1. The quantitative estimate of drug-likeness (QED) is 0.605. The number of hydrogen-bond acceptors (Lipinski definition) is 1. The molecule has 0 aromatic carbocycles. The third-order valence-corrected chi connectivity index (χ3v) is 2.29. The molecule has 0 bridgehead atoms. The molecule has 10 heavy (non-hydrogen) atoms. The summed E-state index contributed by atoms with van der Waals surface area (Å²) in [6, 6.07) is 0. The molecular weight excluding hydrogens is 243 g/mol. The van der Waals surface area contributed by atoms with Crippen LogP contribution in [-0.4, -0.2) is 15.5 Å². The van der Waals surface area contributed by atoms with E-state index in [1.807, 2.05) is 6.92 Å². The molecule has 0 rings (SSSR count). The van der Waals surface area contributed by atoms with E-state index < -0.39 is 5.97 Å². The number of alkyl halides is 1. The fourth-order valence-electron chi connectivity index (χ4n) is 0.826. The molecule has 2 nitrogen and oxygen atoms in total. The van der Waals surface area contributed by atoms with Gasteiger partial charge in [-0.05, 0) is 23.7 Å². The molecule has 0 aromatic rings. The standard InChI is InChI=1S/C7H13IO2/c1-2-6(7(9)10)4-3-5-8/h6H,2-5H2,1H3,(H,9,10). The number of halogens is 1. The molecule has 0 spiro atoms. The van der Waals surface area contributed by atoms with E-state index in [9.17, 15) is 4.79 Å². The van der Waals surface area contributed by atoms with Crippen molar-refractivity contribution in [3.05, 3.63) is 0 Å². The van der Waals surface area contributed by atoms with Gasteiger partial charge in [-0.15, -0.1) is 0 Å². The summed E-state index contributed by atoms with van der Waals surface area (Å²) in [4.78, 5) is 10.4. The van der Waals surface area contributed by atoms with E-state index in [1.54, 1.807) is 0 Å². The lowest BCUT2D eigenvalue weighted by atomic mass is 10.0. The van der Waals surface area contributed by atoms with Gasteiger partial charge in [-0.3, -0.25) is 4.79 Å². The predicted octanol–water partition coefficient (Wildman–Crippen LogP) is 2.31. The summed E-state index contributed by atoms with van der Waals surface area (Å²) in [5.41, 5.74) is 0. The summed E-state index contributed by atoms with van der Waals surface area (Å²) in [7, 11) is 0. The Morgan fingerprint density at radius 1 is 1.70 bits per heavy atom. The van der Waals surface area contributed by atoms with Crippen molar-refractivity contribution in [3.8, 4) is 0 Å². The van der Waals surface area contributed by atoms with Crippen LogP contribution in [0, 0.1) is 5.92 Å². The van der Waals surface area contributed by atoms with Crippen molar-refractivity contribution in [1.29, 1.82) is 0 Å². The highest BCUT2D eigenvalue weighted by molar-refractivity contribution is 14.1. The van der Waals surface area contributed by atoms with Gasteiger partial charge in [0.2, 0.25) is 0 Å². The third-order valence-electron chi connectivity index (χ3n) is 1.53. The average Bonchev–Trinajstić information content (AvgIpc) is 1.89. The smallest absolute Gasteiger partial charge is 0.306 e. The number of carbonyl (C=O) groups is 1. The van der Waals surface area contributed by atoms with Crippen LogP contribution in [0.25, 0.3) is 0 Å². The maximum Gasteiger partial charge on any atom is 0.306 e. The highest BCUT2D eigenvalue weighted by atomic mass is 127. The largest absolute Gasteiger partial charge is 0.481 e. The first kappa shape index (κ1) is 10.2. The second kappa shape index (κ2) is 5.95. The van der Waals surface area contributed by atoms with Gasteiger partial charge in [0.05, 0.1) is 5.92 Å². The molecule has 0 aliphatic heterocycles. The van der Waals surface area contributed by atoms with E-state index in [-0.39, 0.29) is 5.92 Å². The van der Waals surface area contributed by atoms with Crippen LogP contribution in [0.2, 0.25) is 0 Å². The third kappa shape index (κ3) is 4.09. The second-order valence-electron chi connectivity index (χ2n) is 2.27. The fraction of sp³-hybridized carbons (Fsp3) is 0.857. The molecule has 1 unspecified atom stereocenters. The molecule has 0 heterocycles. The Hall–Kier alpha value is 0.200. The minimum atomic E-state index is -0.646. The van der Waals surface area contributed by atoms with Crippen molar-refractivity contribution in [2.24, 2.45) is 5.92 Å². The van der Waals surface area contributed by atoms with Crippen molar-refractivity contribution in [3.63, 3.8) is 0 Å². The van der Waals surface area contributed by atoms with E-state index >= 15 is 0 Å². The Kier molecular flexibility index (Phi) is 6.06. The molecule has 0 amide bonds. The van der Waals surface area contributed by atoms with Crippen LogP contribution in [-0.2, 0) is 4.79 Å². The fourth-order valence-corrected chi connectivity index (χ4v) is 1.27. The maximum absolute atomic E-state index is 10.4.